The Balaban J connectivity index is 1.52. The molecule has 3 aromatic carbocycles. The van der Waals surface area contributed by atoms with Gasteiger partial charge in [-0.2, -0.15) is 0 Å². The third kappa shape index (κ3) is 2.49. The predicted molar refractivity (Wildman–Crippen MR) is 123 cm³/mol. The molecule has 1 aliphatic heterocycles. The second-order valence-electron chi connectivity index (χ2n) is 9.10. The number of hydrogen-bond acceptors (Lipinski definition) is 3. The third-order valence-corrected chi connectivity index (χ3v) is 7.26. The molecule has 0 radical (unpaired) electrons. The summed E-state index contributed by atoms with van der Waals surface area (Å²) in [6.07, 6.45) is 0.857. The Morgan fingerprint density at radius 2 is 1.38 bits per heavy atom. The molecule has 0 aromatic heterocycles. The molecular weight excluding hydrogens is 398 g/mol. The topological polar surface area (TPSA) is 46.6 Å². The van der Waals surface area contributed by atoms with Crippen LogP contribution in [0.15, 0.2) is 66.7 Å². The van der Waals surface area contributed by atoms with E-state index in [2.05, 4.69) is 37.3 Å². The first-order chi connectivity index (χ1) is 15.6. The summed E-state index contributed by atoms with van der Waals surface area (Å²) in [4.78, 5) is 29.2. The monoisotopic (exact) mass is 423 g/mol. The normalized spacial score (nSPS) is 24.9. The average molecular weight is 424 g/mol. The quantitative estimate of drug-likeness (QED) is 0.543. The van der Waals surface area contributed by atoms with Crippen LogP contribution in [-0.4, -0.2) is 18.4 Å². The molecule has 2 amide bonds. The highest BCUT2D eigenvalue weighted by molar-refractivity contribution is 6.24. The van der Waals surface area contributed by atoms with Crippen molar-refractivity contribution in [2.24, 2.45) is 11.8 Å². The summed E-state index contributed by atoms with van der Waals surface area (Å²) in [6, 6.07) is 22.2. The summed E-state index contributed by atoms with van der Waals surface area (Å²) in [7, 11) is 0. The number of ether oxygens (including phenoxy) is 1. The number of hydrogen-bond donors (Lipinski definition) is 0. The predicted octanol–water partition coefficient (Wildman–Crippen LogP) is 5.18. The Labute approximate surface area is 187 Å². The SMILES string of the molecule is CCCOc1ccccc1N1C(=O)C2C3c4ccccc4C(c4cc(C)ccc43)C2C1=O. The van der Waals surface area contributed by atoms with Crippen LogP contribution < -0.4 is 9.64 Å². The molecule has 1 heterocycles. The lowest BCUT2D eigenvalue weighted by Gasteiger charge is -2.46. The number of imide groups is 1. The lowest BCUT2D eigenvalue weighted by Crippen LogP contribution is -2.41. The average Bonchev–Trinajstić information content (AvgIpc) is 3.08. The Kier molecular flexibility index (Phi) is 4.26. The fourth-order valence-electron chi connectivity index (χ4n) is 6.06. The van der Waals surface area contributed by atoms with Crippen molar-refractivity contribution in [3.63, 3.8) is 0 Å². The Morgan fingerprint density at radius 3 is 2.06 bits per heavy atom. The first-order valence-electron chi connectivity index (χ1n) is 11.4. The lowest BCUT2D eigenvalue weighted by atomic mass is 9.55. The van der Waals surface area contributed by atoms with Gasteiger partial charge >= 0.3 is 0 Å². The molecular formula is C28H25NO3. The zero-order valence-corrected chi connectivity index (χ0v) is 18.2. The third-order valence-electron chi connectivity index (χ3n) is 7.26. The van der Waals surface area contributed by atoms with Gasteiger partial charge in [0.1, 0.15) is 5.75 Å². The molecule has 0 spiro atoms. The van der Waals surface area contributed by atoms with E-state index in [1.807, 2.05) is 43.3 Å². The highest BCUT2D eigenvalue weighted by Crippen LogP contribution is 2.61. The summed E-state index contributed by atoms with van der Waals surface area (Å²) >= 11 is 0. The molecule has 4 aliphatic rings. The number of amides is 2. The first-order valence-corrected chi connectivity index (χ1v) is 11.4. The molecule has 3 aromatic rings. The number of benzene rings is 3. The largest absolute Gasteiger partial charge is 0.491 e. The Bertz CT molecular complexity index is 1260. The van der Waals surface area contributed by atoms with Crippen molar-refractivity contribution in [3.05, 3.63) is 94.5 Å². The van der Waals surface area contributed by atoms with Crippen LogP contribution in [0.4, 0.5) is 5.69 Å². The van der Waals surface area contributed by atoms with Gasteiger partial charge in [0.15, 0.2) is 0 Å². The van der Waals surface area contributed by atoms with Crippen molar-refractivity contribution >= 4 is 17.5 Å². The van der Waals surface area contributed by atoms with Crippen LogP contribution in [-0.2, 0) is 9.59 Å². The van der Waals surface area contributed by atoms with Crippen LogP contribution >= 0.6 is 0 Å². The van der Waals surface area contributed by atoms with Crippen LogP contribution in [0.25, 0.3) is 0 Å². The van der Waals surface area contributed by atoms with Crippen LogP contribution in [0.2, 0.25) is 0 Å². The van der Waals surface area contributed by atoms with Crippen molar-refractivity contribution in [1.29, 1.82) is 0 Å². The summed E-state index contributed by atoms with van der Waals surface area (Å²) in [5, 5.41) is 0. The van der Waals surface area contributed by atoms with E-state index in [0.29, 0.717) is 18.0 Å². The minimum absolute atomic E-state index is 0.0954. The van der Waals surface area contributed by atoms with Gasteiger partial charge in [0.2, 0.25) is 11.8 Å². The molecule has 4 heteroatoms. The van der Waals surface area contributed by atoms with E-state index in [1.165, 1.54) is 32.7 Å². The molecule has 0 N–H and O–H groups in total. The maximum atomic E-state index is 13.9. The molecule has 4 unspecified atom stereocenters. The Morgan fingerprint density at radius 1 is 0.781 bits per heavy atom. The standard InChI is InChI=1S/C28H25NO3/c1-3-14-32-22-11-7-6-10-21(22)29-27(30)25-23-17-8-4-5-9-18(17)24(26(25)28(29)31)20-15-16(2)12-13-19(20)23/h4-13,15,23-26H,3,14H2,1-2H3. The Hall–Kier alpha value is -3.40. The molecule has 160 valence electrons. The van der Waals surface area contributed by atoms with Gasteiger partial charge in [-0.1, -0.05) is 67.1 Å². The number of rotatable bonds is 4. The van der Waals surface area contributed by atoms with E-state index in [9.17, 15) is 9.59 Å². The number of para-hydroxylation sites is 2. The van der Waals surface area contributed by atoms with Crippen LogP contribution in [0.1, 0.15) is 53.0 Å². The van der Waals surface area contributed by atoms with E-state index in [0.717, 1.165) is 6.42 Å². The first kappa shape index (κ1) is 19.3. The maximum Gasteiger partial charge on any atom is 0.238 e. The maximum absolute atomic E-state index is 13.9. The molecule has 1 fully saturated rings. The van der Waals surface area contributed by atoms with Crippen molar-refractivity contribution in [2.45, 2.75) is 32.1 Å². The number of aryl methyl sites for hydroxylation is 1. The van der Waals surface area contributed by atoms with Gasteiger partial charge in [-0.3, -0.25) is 9.59 Å². The van der Waals surface area contributed by atoms with Gasteiger partial charge in [-0.05, 0) is 47.7 Å². The molecule has 3 aliphatic carbocycles. The molecule has 7 rings (SSSR count). The molecule has 1 saturated heterocycles. The molecule has 32 heavy (non-hydrogen) atoms. The number of nitrogens with zero attached hydrogens (tertiary/aromatic N) is 1. The second-order valence-corrected chi connectivity index (χ2v) is 9.10. The zero-order chi connectivity index (χ0) is 22.0. The lowest BCUT2D eigenvalue weighted by molar-refractivity contribution is -0.122. The van der Waals surface area contributed by atoms with Gasteiger partial charge in [-0.25, -0.2) is 4.90 Å². The van der Waals surface area contributed by atoms with E-state index in [-0.39, 0.29) is 35.5 Å². The van der Waals surface area contributed by atoms with Crippen molar-refractivity contribution < 1.29 is 14.3 Å². The summed E-state index contributed by atoms with van der Waals surface area (Å²) in [6.45, 7) is 4.67. The summed E-state index contributed by atoms with van der Waals surface area (Å²) < 4.78 is 5.91. The smallest absolute Gasteiger partial charge is 0.238 e. The minimum Gasteiger partial charge on any atom is -0.491 e. The molecule has 4 nitrogen and oxygen atoms in total. The number of carbonyl (C=O) groups excluding carboxylic acids is 2. The van der Waals surface area contributed by atoms with E-state index < -0.39 is 0 Å². The molecule has 4 atom stereocenters. The van der Waals surface area contributed by atoms with Gasteiger partial charge in [-0.15, -0.1) is 0 Å². The number of carbonyl (C=O) groups is 2. The minimum atomic E-state index is -0.379. The number of anilines is 1. The highest BCUT2D eigenvalue weighted by Gasteiger charge is 2.62. The zero-order valence-electron chi connectivity index (χ0n) is 18.2. The van der Waals surface area contributed by atoms with Crippen molar-refractivity contribution in [1.82, 2.24) is 0 Å². The van der Waals surface area contributed by atoms with Crippen LogP contribution in [0.5, 0.6) is 5.75 Å². The summed E-state index contributed by atoms with van der Waals surface area (Å²) in [5.74, 6) is -0.573. The molecule has 0 saturated carbocycles. The van der Waals surface area contributed by atoms with Crippen molar-refractivity contribution in [3.8, 4) is 5.75 Å². The van der Waals surface area contributed by atoms with Crippen LogP contribution in [0, 0.1) is 18.8 Å². The van der Waals surface area contributed by atoms with E-state index in [1.54, 1.807) is 0 Å². The molecule has 2 bridgehead atoms. The fraction of sp³-hybridized carbons (Fsp3) is 0.286. The summed E-state index contributed by atoms with van der Waals surface area (Å²) in [5.41, 5.74) is 6.52. The highest BCUT2D eigenvalue weighted by atomic mass is 16.5. The van der Waals surface area contributed by atoms with Gasteiger partial charge in [0.25, 0.3) is 0 Å². The van der Waals surface area contributed by atoms with Gasteiger partial charge in [0, 0.05) is 11.8 Å². The van der Waals surface area contributed by atoms with Crippen LogP contribution in [0.3, 0.4) is 0 Å². The van der Waals surface area contributed by atoms with Gasteiger partial charge < -0.3 is 4.74 Å². The van der Waals surface area contributed by atoms with Crippen molar-refractivity contribution in [2.75, 3.05) is 11.5 Å². The second kappa shape index (κ2) is 7.06. The van der Waals surface area contributed by atoms with Gasteiger partial charge in [0.05, 0.1) is 24.1 Å². The van der Waals surface area contributed by atoms with E-state index >= 15 is 0 Å². The fourth-order valence-corrected chi connectivity index (χ4v) is 6.06. The van der Waals surface area contributed by atoms with E-state index in [4.69, 9.17) is 4.74 Å².